The average Bonchev–Trinajstić information content (AvgIpc) is 3.09. The molecule has 152 valence electrons. The molecule has 0 saturated carbocycles. The monoisotopic (exact) mass is 427 g/mol. The summed E-state index contributed by atoms with van der Waals surface area (Å²) in [6.45, 7) is 3.04. The lowest BCUT2D eigenvalue weighted by molar-refractivity contribution is -0.119. The van der Waals surface area contributed by atoms with Gasteiger partial charge >= 0.3 is 0 Å². The summed E-state index contributed by atoms with van der Waals surface area (Å²) >= 11 is 1.44. The molecule has 2 aliphatic rings. The van der Waals surface area contributed by atoms with Crippen LogP contribution in [-0.2, 0) is 14.3 Å². The number of hydrogen-bond acceptors (Lipinski definition) is 8. The molecule has 0 aliphatic carbocycles. The van der Waals surface area contributed by atoms with Gasteiger partial charge in [-0.1, -0.05) is 11.3 Å². The van der Waals surface area contributed by atoms with E-state index in [4.69, 9.17) is 18.9 Å². The predicted octanol–water partition coefficient (Wildman–Crippen LogP) is 2.27. The smallest absolute Gasteiger partial charge is 0.298 e. The van der Waals surface area contributed by atoms with Crippen LogP contribution < -0.4 is 14.4 Å². The summed E-state index contributed by atoms with van der Waals surface area (Å²) in [5, 5.41) is 0.606. The highest BCUT2D eigenvalue weighted by Gasteiger charge is 2.27. The standard InChI is InChI=1S/C18H21N3O5S.ClH/c1-20(2)3-4-21(17(22)15-11-23-5-6-26-15)18-19-12-9-13-14(10-16(12)27-18)25-8-7-24-13;/h9-11H,3-8H2,1-2H3;1H. The van der Waals surface area contributed by atoms with Gasteiger partial charge in [-0.25, -0.2) is 4.98 Å². The fourth-order valence-corrected chi connectivity index (χ4v) is 3.77. The molecular weight excluding hydrogens is 406 g/mol. The number of anilines is 1. The third-order valence-corrected chi connectivity index (χ3v) is 5.19. The minimum Gasteiger partial charge on any atom is -0.494 e. The third kappa shape index (κ3) is 4.26. The second-order valence-electron chi connectivity index (χ2n) is 6.42. The van der Waals surface area contributed by atoms with Crippen LogP contribution in [0.1, 0.15) is 0 Å². The maximum atomic E-state index is 13.0. The normalized spacial score (nSPS) is 15.3. The van der Waals surface area contributed by atoms with Gasteiger partial charge in [0.25, 0.3) is 5.91 Å². The van der Waals surface area contributed by atoms with Gasteiger partial charge in [0.15, 0.2) is 16.6 Å². The van der Waals surface area contributed by atoms with E-state index in [0.717, 1.165) is 10.2 Å². The fourth-order valence-electron chi connectivity index (χ4n) is 2.77. The first-order chi connectivity index (χ1) is 13.1. The van der Waals surface area contributed by atoms with Crippen molar-refractivity contribution >= 4 is 45.0 Å². The molecule has 1 aromatic heterocycles. The molecule has 10 heteroatoms. The van der Waals surface area contributed by atoms with E-state index in [1.165, 1.54) is 17.6 Å². The van der Waals surface area contributed by atoms with Crippen LogP contribution in [0.3, 0.4) is 0 Å². The number of amides is 1. The van der Waals surface area contributed by atoms with Crippen LogP contribution in [0.5, 0.6) is 11.5 Å². The number of thiazole rings is 1. The number of nitrogens with zero attached hydrogens (tertiary/aromatic N) is 3. The molecule has 1 amide bonds. The number of carbonyl (C=O) groups excluding carboxylic acids is 1. The van der Waals surface area contributed by atoms with Crippen LogP contribution >= 0.6 is 23.7 Å². The maximum Gasteiger partial charge on any atom is 0.298 e. The van der Waals surface area contributed by atoms with Crippen molar-refractivity contribution in [3.05, 3.63) is 24.2 Å². The van der Waals surface area contributed by atoms with Gasteiger partial charge in [-0.15, -0.1) is 12.4 Å². The van der Waals surface area contributed by atoms with Crippen molar-refractivity contribution in [2.75, 3.05) is 58.5 Å². The Morgan fingerprint density at radius 2 is 1.79 bits per heavy atom. The van der Waals surface area contributed by atoms with Gasteiger partial charge in [-0.05, 0) is 14.1 Å². The predicted molar refractivity (Wildman–Crippen MR) is 109 cm³/mol. The van der Waals surface area contributed by atoms with E-state index in [1.807, 2.05) is 31.1 Å². The summed E-state index contributed by atoms with van der Waals surface area (Å²) < 4.78 is 22.9. The topological polar surface area (TPSA) is 73.4 Å². The molecule has 8 nitrogen and oxygen atoms in total. The highest BCUT2D eigenvalue weighted by Crippen LogP contribution is 2.39. The van der Waals surface area contributed by atoms with E-state index in [1.54, 1.807) is 4.90 Å². The van der Waals surface area contributed by atoms with E-state index in [2.05, 4.69) is 4.98 Å². The molecular formula is C18H22ClN3O5S. The van der Waals surface area contributed by atoms with Crippen LogP contribution in [0, 0.1) is 0 Å². The van der Waals surface area contributed by atoms with E-state index in [-0.39, 0.29) is 24.1 Å². The molecule has 4 rings (SSSR count). The molecule has 2 aliphatic heterocycles. The van der Waals surface area contributed by atoms with Gasteiger partial charge in [-0.2, -0.15) is 0 Å². The molecule has 0 spiro atoms. The van der Waals surface area contributed by atoms with Crippen molar-refractivity contribution in [1.82, 2.24) is 9.88 Å². The van der Waals surface area contributed by atoms with Gasteiger partial charge in [0.1, 0.15) is 32.7 Å². The number of benzene rings is 1. The zero-order valence-corrected chi connectivity index (χ0v) is 17.3. The van der Waals surface area contributed by atoms with E-state index >= 15 is 0 Å². The first-order valence-electron chi connectivity index (χ1n) is 8.73. The Balaban J connectivity index is 0.00000225. The molecule has 1 aromatic carbocycles. The Bertz CT molecular complexity index is 842. The molecule has 0 atom stereocenters. The average molecular weight is 428 g/mol. The minimum atomic E-state index is -0.257. The van der Waals surface area contributed by atoms with E-state index in [9.17, 15) is 4.79 Å². The van der Waals surface area contributed by atoms with Crippen LogP contribution in [0.25, 0.3) is 10.2 Å². The Kier molecular flexibility index (Phi) is 6.48. The Labute approximate surface area is 173 Å². The van der Waals surface area contributed by atoms with E-state index in [0.29, 0.717) is 56.1 Å². The summed E-state index contributed by atoms with van der Waals surface area (Å²) in [6, 6.07) is 3.77. The highest BCUT2D eigenvalue weighted by atomic mass is 35.5. The number of ether oxygens (including phenoxy) is 4. The second-order valence-corrected chi connectivity index (χ2v) is 7.43. The molecule has 3 heterocycles. The number of halogens is 1. The summed E-state index contributed by atoms with van der Waals surface area (Å²) in [6.07, 6.45) is 1.38. The molecule has 2 aromatic rings. The summed E-state index contributed by atoms with van der Waals surface area (Å²) in [4.78, 5) is 21.3. The van der Waals surface area contributed by atoms with Crippen molar-refractivity contribution in [2.45, 2.75) is 0 Å². The van der Waals surface area contributed by atoms with Crippen molar-refractivity contribution in [2.24, 2.45) is 0 Å². The number of likely N-dealkylation sites (N-methyl/N-ethyl adjacent to an activating group) is 1. The van der Waals surface area contributed by atoms with Gasteiger partial charge in [0.2, 0.25) is 5.76 Å². The van der Waals surface area contributed by atoms with Crippen LogP contribution in [0.15, 0.2) is 24.2 Å². The van der Waals surface area contributed by atoms with Crippen LogP contribution in [0.4, 0.5) is 5.13 Å². The van der Waals surface area contributed by atoms with Gasteiger partial charge in [0.05, 0.1) is 10.2 Å². The van der Waals surface area contributed by atoms with Crippen LogP contribution in [-0.4, -0.2) is 69.4 Å². The number of hydrogen-bond donors (Lipinski definition) is 0. The SMILES string of the molecule is CN(C)CCN(C(=O)C1=COCCO1)c1nc2cc3c(cc2s1)OCCO3.Cl. The Morgan fingerprint density at radius 1 is 1.07 bits per heavy atom. The first kappa shape index (κ1) is 20.5. The summed E-state index contributed by atoms with van der Waals surface area (Å²) in [7, 11) is 3.92. The second kappa shape index (κ2) is 8.85. The molecule has 0 radical (unpaired) electrons. The molecule has 0 unspecified atom stereocenters. The molecule has 28 heavy (non-hydrogen) atoms. The Hall–Kier alpha value is -2.23. The summed E-state index contributed by atoms with van der Waals surface area (Å²) in [5.41, 5.74) is 0.775. The molecule has 0 saturated heterocycles. The number of aromatic nitrogens is 1. The molecule has 0 bridgehead atoms. The largest absolute Gasteiger partial charge is 0.494 e. The van der Waals surface area contributed by atoms with Crippen molar-refractivity contribution in [3.63, 3.8) is 0 Å². The number of fused-ring (bicyclic) bond motifs is 2. The third-order valence-electron chi connectivity index (χ3n) is 4.15. The fraction of sp³-hybridized carbons (Fsp3) is 0.444. The number of carbonyl (C=O) groups is 1. The lowest BCUT2D eigenvalue weighted by Gasteiger charge is -2.24. The van der Waals surface area contributed by atoms with Crippen LogP contribution in [0.2, 0.25) is 0 Å². The van der Waals surface area contributed by atoms with Gasteiger partial charge in [-0.3, -0.25) is 9.69 Å². The highest BCUT2D eigenvalue weighted by molar-refractivity contribution is 7.22. The quantitative estimate of drug-likeness (QED) is 0.724. The maximum absolute atomic E-state index is 13.0. The first-order valence-corrected chi connectivity index (χ1v) is 9.55. The zero-order chi connectivity index (χ0) is 18.8. The van der Waals surface area contributed by atoms with Crippen molar-refractivity contribution in [1.29, 1.82) is 0 Å². The lowest BCUT2D eigenvalue weighted by Crippen LogP contribution is -2.38. The van der Waals surface area contributed by atoms with Crippen molar-refractivity contribution < 1.29 is 23.7 Å². The minimum absolute atomic E-state index is 0. The zero-order valence-electron chi connectivity index (χ0n) is 15.7. The lowest BCUT2D eigenvalue weighted by atomic mass is 10.3. The molecule has 0 fully saturated rings. The Morgan fingerprint density at radius 3 is 2.46 bits per heavy atom. The van der Waals surface area contributed by atoms with Gasteiger partial charge in [0, 0.05) is 25.2 Å². The van der Waals surface area contributed by atoms with E-state index < -0.39 is 0 Å². The molecule has 0 N–H and O–H groups in total. The number of rotatable bonds is 5. The summed E-state index contributed by atoms with van der Waals surface area (Å²) in [5.74, 6) is 1.34. The van der Waals surface area contributed by atoms with Crippen molar-refractivity contribution in [3.8, 4) is 11.5 Å². The van der Waals surface area contributed by atoms with Gasteiger partial charge < -0.3 is 23.8 Å².